The zero-order valence-corrected chi connectivity index (χ0v) is 14.9. The molecule has 7 heteroatoms. The Labute approximate surface area is 155 Å². The van der Waals surface area contributed by atoms with Crippen LogP contribution in [-0.4, -0.2) is 23.4 Å². The van der Waals surface area contributed by atoms with E-state index in [0.29, 0.717) is 22.1 Å². The second-order valence-corrected chi connectivity index (χ2v) is 5.98. The first-order valence-electron chi connectivity index (χ1n) is 7.69. The summed E-state index contributed by atoms with van der Waals surface area (Å²) in [5.74, 6) is -0.0719. The van der Waals surface area contributed by atoms with Gasteiger partial charge in [0.2, 0.25) is 0 Å². The number of carbonyl (C=O) groups excluding carboxylic acids is 1. The predicted octanol–water partition coefficient (Wildman–Crippen LogP) is 3.84. The van der Waals surface area contributed by atoms with Gasteiger partial charge >= 0.3 is 5.97 Å². The van der Waals surface area contributed by atoms with E-state index in [-0.39, 0.29) is 17.3 Å². The molecule has 0 saturated heterocycles. The number of halogens is 2. The van der Waals surface area contributed by atoms with Gasteiger partial charge in [-0.3, -0.25) is 9.98 Å². The largest absolute Gasteiger partial charge is 0.462 e. The minimum atomic E-state index is -0.682. The first-order valence-corrected chi connectivity index (χ1v) is 8.44. The van der Waals surface area contributed by atoms with Gasteiger partial charge in [-0.25, -0.2) is 4.79 Å². The Morgan fingerprint density at radius 3 is 2.64 bits per heavy atom. The second kappa shape index (κ2) is 7.68. The zero-order chi connectivity index (χ0) is 17.8. The Bertz CT molecular complexity index is 850. The van der Waals surface area contributed by atoms with Crippen LogP contribution in [0.15, 0.2) is 64.4 Å². The molecule has 2 aromatic rings. The van der Waals surface area contributed by atoms with E-state index < -0.39 is 12.0 Å². The number of ether oxygens (including phenoxy) is 1. The van der Waals surface area contributed by atoms with Crippen molar-refractivity contribution in [1.82, 2.24) is 10.3 Å². The quantitative estimate of drug-likeness (QED) is 0.651. The number of benzene rings is 1. The molecule has 0 radical (unpaired) electrons. The van der Waals surface area contributed by atoms with Gasteiger partial charge in [-0.2, -0.15) is 0 Å². The number of aromatic nitrogens is 1. The highest BCUT2D eigenvalue weighted by atomic mass is 35.5. The first kappa shape index (κ1) is 17.5. The summed E-state index contributed by atoms with van der Waals surface area (Å²) < 4.78 is 5.14. The van der Waals surface area contributed by atoms with Crippen LogP contribution in [0.3, 0.4) is 0 Å². The van der Waals surface area contributed by atoms with Crippen LogP contribution in [0, 0.1) is 0 Å². The minimum absolute atomic E-state index is 0.152. The van der Waals surface area contributed by atoms with Crippen molar-refractivity contribution in [1.29, 1.82) is 0 Å². The molecule has 128 valence electrons. The summed E-state index contributed by atoms with van der Waals surface area (Å²) in [7, 11) is 0. The maximum Gasteiger partial charge on any atom is 0.339 e. The number of pyridine rings is 1. The molecule has 1 aliphatic heterocycles. The molecule has 1 unspecified atom stereocenters. The highest BCUT2D eigenvalue weighted by Crippen LogP contribution is 2.36. The van der Waals surface area contributed by atoms with Crippen molar-refractivity contribution >= 4 is 35.0 Å². The highest BCUT2D eigenvalue weighted by molar-refractivity contribution is 6.34. The molecular formula is C18H15Cl2N3O2. The van der Waals surface area contributed by atoms with Gasteiger partial charge in [-0.1, -0.05) is 47.5 Å². The summed E-state index contributed by atoms with van der Waals surface area (Å²) in [4.78, 5) is 21.3. The molecule has 0 aliphatic carbocycles. The van der Waals surface area contributed by atoms with Crippen LogP contribution >= 0.6 is 23.2 Å². The molecule has 0 fully saturated rings. The van der Waals surface area contributed by atoms with E-state index in [9.17, 15) is 4.79 Å². The number of rotatable bonds is 4. The lowest BCUT2D eigenvalue weighted by Crippen LogP contribution is -2.32. The molecule has 1 N–H and O–H groups in total. The van der Waals surface area contributed by atoms with Crippen LogP contribution in [0.5, 0.6) is 0 Å². The van der Waals surface area contributed by atoms with E-state index >= 15 is 0 Å². The summed E-state index contributed by atoms with van der Waals surface area (Å²) in [5, 5.41) is 3.57. The minimum Gasteiger partial charge on any atom is -0.462 e. The Morgan fingerprint density at radius 2 is 1.96 bits per heavy atom. The average molecular weight is 376 g/mol. The molecule has 0 bridgehead atoms. The Balaban J connectivity index is 2.11. The van der Waals surface area contributed by atoms with Crippen molar-refractivity contribution in [3.05, 3.63) is 75.7 Å². The summed E-state index contributed by atoms with van der Waals surface area (Å²) in [5.41, 5.74) is 1.50. The predicted molar refractivity (Wildman–Crippen MR) is 97.6 cm³/mol. The molecule has 1 aromatic carbocycles. The summed E-state index contributed by atoms with van der Waals surface area (Å²) >= 11 is 12.7. The molecule has 1 aromatic heterocycles. The number of hydrogen-bond acceptors (Lipinski definition) is 5. The number of hydrogen-bond donors (Lipinski definition) is 1. The molecule has 2 heterocycles. The number of esters is 1. The van der Waals surface area contributed by atoms with E-state index in [1.165, 1.54) is 0 Å². The van der Waals surface area contributed by atoms with Crippen LogP contribution in [0.1, 0.15) is 24.2 Å². The molecule has 0 amide bonds. The molecule has 1 aliphatic rings. The highest BCUT2D eigenvalue weighted by Gasteiger charge is 2.33. The number of aliphatic imine (C=N–C) groups is 1. The van der Waals surface area contributed by atoms with Crippen LogP contribution in [0.25, 0.3) is 0 Å². The molecule has 3 rings (SSSR count). The van der Waals surface area contributed by atoms with E-state index in [1.54, 1.807) is 37.4 Å². The van der Waals surface area contributed by atoms with E-state index in [1.807, 2.05) is 18.2 Å². The van der Waals surface area contributed by atoms with E-state index in [4.69, 9.17) is 27.9 Å². The third-order valence-electron chi connectivity index (χ3n) is 3.60. The number of nitrogens with one attached hydrogen (secondary N) is 1. The first-order chi connectivity index (χ1) is 12.1. The lowest BCUT2D eigenvalue weighted by molar-refractivity contribution is -0.138. The smallest absolute Gasteiger partial charge is 0.339 e. The van der Waals surface area contributed by atoms with E-state index in [2.05, 4.69) is 15.3 Å². The molecule has 0 spiro atoms. The van der Waals surface area contributed by atoms with Gasteiger partial charge in [0.15, 0.2) is 5.84 Å². The summed E-state index contributed by atoms with van der Waals surface area (Å²) in [6.45, 7) is 1.97. The monoisotopic (exact) mass is 375 g/mol. The molecule has 5 nitrogen and oxygen atoms in total. The summed E-state index contributed by atoms with van der Waals surface area (Å²) in [6, 6.07) is 12.0. The number of amidine groups is 1. The van der Waals surface area contributed by atoms with Gasteiger partial charge < -0.3 is 10.1 Å². The van der Waals surface area contributed by atoms with Crippen molar-refractivity contribution < 1.29 is 9.53 Å². The summed E-state index contributed by atoms with van der Waals surface area (Å²) in [6.07, 6.45) is 1.66. The van der Waals surface area contributed by atoms with Gasteiger partial charge in [0.1, 0.15) is 22.5 Å². The van der Waals surface area contributed by atoms with Gasteiger partial charge in [0.25, 0.3) is 0 Å². The standard InChI is InChI=1S/C18H15Cl2N3O2/c1-2-25-18(24)14-15(11-7-3-4-8-12(11)19)22-17(23-16(14)20)13-9-5-6-10-21-13/h3-10,15H,2H2,1H3,(H,22,23). The van der Waals surface area contributed by atoms with Gasteiger partial charge in [0, 0.05) is 16.8 Å². The Kier molecular flexibility index (Phi) is 5.36. The molecular weight excluding hydrogens is 361 g/mol. The maximum atomic E-state index is 12.4. The SMILES string of the molecule is CCOC(=O)C1=C(Cl)NC(c2ccccn2)=NC1c1ccccc1Cl. The zero-order valence-electron chi connectivity index (χ0n) is 13.4. The van der Waals surface area contributed by atoms with Crippen molar-refractivity contribution in [3.8, 4) is 0 Å². The molecule has 25 heavy (non-hydrogen) atoms. The molecule has 0 saturated carbocycles. The van der Waals surface area contributed by atoms with Crippen molar-refractivity contribution in [3.63, 3.8) is 0 Å². The third kappa shape index (κ3) is 3.67. The maximum absolute atomic E-state index is 12.4. The van der Waals surface area contributed by atoms with Crippen molar-refractivity contribution in [2.24, 2.45) is 4.99 Å². The fourth-order valence-corrected chi connectivity index (χ4v) is 2.99. The lowest BCUT2D eigenvalue weighted by Gasteiger charge is -2.25. The average Bonchev–Trinajstić information content (AvgIpc) is 2.62. The lowest BCUT2D eigenvalue weighted by atomic mass is 9.98. The number of nitrogens with zero attached hydrogens (tertiary/aromatic N) is 2. The van der Waals surface area contributed by atoms with Crippen LogP contribution in [0.4, 0.5) is 0 Å². The van der Waals surface area contributed by atoms with Gasteiger partial charge in [-0.15, -0.1) is 0 Å². The van der Waals surface area contributed by atoms with Crippen LogP contribution in [0.2, 0.25) is 5.02 Å². The van der Waals surface area contributed by atoms with E-state index in [0.717, 1.165) is 0 Å². The van der Waals surface area contributed by atoms with Crippen molar-refractivity contribution in [2.75, 3.05) is 6.61 Å². The number of carbonyl (C=O) groups is 1. The Hall–Kier alpha value is -2.37. The van der Waals surface area contributed by atoms with Gasteiger partial charge in [-0.05, 0) is 25.1 Å². The van der Waals surface area contributed by atoms with Crippen LogP contribution < -0.4 is 5.32 Å². The van der Waals surface area contributed by atoms with Crippen LogP contribution in [-0.2, 0) is 9.53 Å². The second-order valence-electron chi connectivity index (χ2n) is 5.19. The fraction of sp³-hybridized carbons (Fsp3) is 0.167. The fourth-order valence-electron chi connectivity index (χ4n) is 2.48. The van der Waals surface area contributed by atoms with Gasteiger partial charge in [0.05, 0.1) is 6.61 Å². The topological polar surface area (TPSA) is 63.6 Å². The normalized spacial score (nSPS) is 16.9. The Morgan fingerprint density at radius 1 is 1.20 bits per heavy atom. The van der Waals surface area contributed by atoms with Crippen molar-refractivity contribution in [2.45, 2.75) is 13.0 Å². The molecule has 1 atom stereocenters. The third-order valence-corrected chi connectivity index (χ3v) is 4.24.